The molecule has 0 aromatic carbocycles. The quantitative estimate of drug-likeness (QED) is 0.481. The molecule has 0 aliphatic carbocycles. The summed E-state index contributed by atoms with van der Waals surface area (Å²) in [6.07, 6.45) is 4.30. The smallest absolute Gasteiger partial charge is 0.116 e. The molecule has 1 rings (SSSR count). The molecule has 1 unspecified atom stereocenters. The van der Waals surface area contributed by atoms with Crippen molar-refractivity contribution in [1.82, 2.24) is 9.97 Å². The van der Waals surface area contributed by atoms with Crippen LogP contribution in [-0.2, 0) is 0 Å². The van der Waals surface area contributed by atoms with E-state index >= 15 is 0 Å². The fourth-order valence-electron chi connectivity index (χ4n) is 0.791. The summed E-state index contributed by atoms with van der Waals surface area (Å²) in [5.41, 5.74) is 0. The van der Waals surface area contributed by atoms with E-state index in [2.05, 4.69) is 32.8 Å². The highest BCUT2D eigenvalue weighted by atomic mass is 79.9. The topological polar surface area (TPSA) is 25.8 Å². The van der Waals surface area contributed by atoms with E-state index in [0.717, 1.165) is 15.9 Å². The van der Waals surface area contributed by atoms with Crippen LogP contribution in [0.4, 0.5) is 0 Å². The maximum Gasteiger partial charge on any atom is 0.116 e. The minimum absolute atomic E-state index is 0.490. The van der Waals surface area contributed by atoms with Crippen molar-refractivity contribution >= 4 is 39.3 Å². The molecule has 0 fully saturated rings. The van der Waals surface area contributed by atoms with Gasteiger partial charge in [-0.2, -0.15) is 0 Å². The van der Waals surface area contributed by atoms with E-state index in [4.69, 9.17) is 11.6 Å². The van der Waals surface area contributed by atoms with Gasteiger partial charge in [0.05, 0.1) is 4.47 Å². The lowest BCUT2D eigenvalue weighted by molar-refractivity contribution is 0.903. The number of rotatable bonds is 4. The van der Waals surface area contributed by atoms with Crippen molar-refractivity contribution in [3.63, 3.8) is 0 Å². The van der Waals surface area contributed by atoms with Gasteiger partial charge < -0.3 is 0 Å². The van der Waals surface area contributed by atoms with Crippen molar-refractivity contribution < 1.29 is 0 Å². The van der Waals surface area contributed by atoms with Gasteiger partial charge in [-0.3, -0.25) is 0 Å². The third-order valence-electron chi connectivity index (χ3n) is 1.46. The summed E-state index contributed by atoms with van der Waals surface area (Å²) >= 11 is 10.8. The molecule has 0 aliphatic rings. The van der Waals surface area contributed by atoms with E-state index in [1.54, 1.807) is 24.3 Å². The molecular weight excluding hydrogens is 272 g/mol. The van der Waals surface area contributed by atoms with Crippen LogP contribution in [0.3, 0.4) is 0 Å². The summed E-state index contributed by atoms with van der Waals surface area (Å²) in [5, 5.41) is 1.47. The number of alkyl halides is 1. The van der Waals surface area contributed by atoms with Crippen molar-refractivity contribution in [2.75, 3.05) is 5.88 Å². The largest absolute Gasteiger partial charge is 0.244 e. The Balaban J connectivity index is 2.58. The zero-order chi connectivity index (χ0) is 9.68. The minimum Gasteiger partial charge on any atom is -0.244 e. The van der Waals surface area contributed by atoms with Crippen LogP contribution in [0, 0.1) is 0 Å². The lowest BCUT2D eigenvalue weighted by Gasteiger charge is -2.08. The first-order valence-corrected chi connectivity index (χ1v) is 6.13. The molecule has 0 amide bonds. The van der Waals surface area contributed by atoms with Gasteiger partial charge in [-0.25, -0.2) is 9.97 Å². The predicted molar refractivity (Wildman–Crippen MR) is 60.4 cm³/mol. The Morgan fingerprint density at radius 2 is 2.46 bits per heavy atom. The number of aromatic nitrogens is 2. The fraction of sp³-hybridized carbons (Fsp3) is 0.500. The zero-order valence-electron chi connectivity index (χ0n) is 7.20. The summed E-state index contributed by atoms with van der Waals surface area (Å²) in [5.74, 6) is 0.691. The molecule has 13 heavy (non-hydrogen) atoms. The Morgan fingerprint density at radius 3 is 3.08 bits per heavy atom. The first-order chi connectivity index (χ1) is 6.24. The highest BCUT2D eigenvalue weighted by Crippen LogP contribution is 2.28. The van der Waals surface area contributed by atoms with Gasteiger partial charge in [0.2, 0.25) is 0 Å². The first kappa shape index (κ1) is 11.3. The molecule has 1 atom stereocenters. The lowest BCUT2D eigenvalue weighted by atomic mass is 10.4. The second kappa shape index (κ2) is 5.83. The third-order valence-corrected chi connectivity index (χ3v) is 3.71. The van der Waals surface area contributed by atoms with Crippen LogP contribution in [0.25, 0.3) is 0 Å². The van der Waals surface area contributed by atoms with E-state index < -0.39 is 0 Å². The fourth-order valence-corrected chi connectivity index (χ4v) is 2.64. The van der Waals surface area contributed by atoms with E-state index in [1.165, 1.54) is 0 Å². The summed E-state index contributed by atoms with van der Waals surface area (Å²) in [7, 11) is 0. The van der Waals surface area contributed by atoms with Crippen LogP contribution in [0.5, 0.6) is 0 Å². The molecule has 1 aromatic rings. The highest BCUT2D eigenvalue weighted by Gasteiger charge is 2.07. The van der Waals surface area contributed by atoms with Crippen LogP contribution in [0.1, 0.15) is 13.3 Å². The minimum atomic E-state index is 0.490. The van der Waals surface area contributed by atoms with Gasteiger partial charge in [0.25, 0.3) is 0 Å². The number of nitrogens with zero attached hydrogens (tertiary/aromatic N) is 2. The maximum atomic E-state index is 5.64. The molecule has 0 N–H and O–H groups in total. The number of hydrogen-bond acceptors (Lipinski definition) is 3. The van der Waals surface area contributed by atoms with Crippen molar-refractivity contribution in [1.29, 1.82) is 0 Å². The standard InChI is InChI=1S/C8H10BrClN2S/c1-6(2-3-10)13-8-7(9)4-11-5-12-8/h4-6H,2-3H2,1H3. The van der Waals surface area contributed by atoms with Crippen LogP contribution in [-0.4, -0.2) is 21.1 Å². The van der Waals surface area contributed by atoms with Crippen molar-refractivity contribution in [3.05, 3.63) is 17.0 Å². The second-order valence-corrected chi connectivity index (χ2v) is 5.24. The molecule has 0 saturated carbocycles. The second-order valence-electron chi connectivity index (χ2n) is 2.58. The Bertz CT molecular complexity index is 272. The van der Waals surface area contributed by atoms with E-state index in [0.29, 0.717) is 11.1 Å². The molecular formula is C8H10BrClN2S. The number of hydrogen-bond donors (Lipinski definition) is 0. The van der Waals surface area contributed by atoms with Crippen molar-refractivity contribution in [2.45, 2.75) is 23.6 Å². The van der Waals surface area contributed by atoms with Crippen molar-refractivity contribution in [2.24, 2.45) is 0 Å². The average molecular weight is 282 g/mol. The molecule has 1 aromatic heterocycles. The summed E-state index contributed by atoms with van der Waals surface area (Å²) < 4.78 is 0.946. The third kappa shape index (κ3) is 3.83. The number of thioether (sulfide) groups is 1. The maximum absolute atomic E-state index is 5.64. The van der Waals surface area contributed by atoms with Gasteiger partial charge in [0, 0.05) is 17.3 Å². The number of halogens is 2. The Morgan fingerprint density at radius 1 is 1.69 bits per heavy atom. The summed E-state index contributed by atoms with van der Waals surface area (Å²) in [4.78, 5) is 8.06. The molecule has 0 spiro atoms. The lowest BCUT2D eigenvalue weighted by Crippen LogP contribution is -1.98. The summed E-state index contributed by atoms with van der Waals surface area (Å²) in [6, 6.07) is 0. The van der Waals surface area contributed by atoms with Crippen LogP contribution in [0.15, 0.2) is 22.0 Å². The average Bonchev–Trinajstić information content (AvgIpc) is 2.09. The highest BCUT2D eigenvalue weighted by molar-refractivity contribution is 9.10. The Kier molecular flexibility index (Phi) is 5.06. The van der Waals surface area contributed by atoms with E-state index in [1.807, 2.05) is 0 Å². The van der Waals surface area contributed by atoms with Crippen LogP contribution >= 0.6 is 39.3 Å². The van der Waals surface area contributed by atoms with Gasteiger partial charge in [-0.1, -0.05) is 6.92 Å². The van der Waals surface area contributed by atoms with Gasteiger partial charge in [-0.15, -0.1) is 23.4 Å². The van der Waals surface area contributed by atoms with Gasteiger partial charge >= 0.3 is 0 Å². The van der Waals surface area contributed by atoms with Gasteiger partial charge in [-0.05, 0) is 22.4 Å². The molecule has 2 nitrogen and oxygen atoms in total. The van der Waals surface area contributed by atoms with Gasteiger partial charge in [0.1, 0.15) is 11.4 Å². The van der Waals surface area contributed by atoms with E-state index in [9.17, 15) is 0 Å². The van der Waals surface area contributed by atoms with Crippen LogP contribution < -0.4 is 0 Å². The molecule has 72 valence electrons. The predicted octanol–water partition coefficient (Wildman–Crippen LogP) is 3.35. The molecule has 0 bridgehead atoms. The molecule has 1 heterocycles. The molecule has 0 radical (unpaired) electrons. The summed E-state index contributed by atoms with van der Waals surface area (Å²) in [6.45, 7) is 2.14. The van der Waals surface area contributed by atoms with E-state index in [-0.39, 0.29) is 0 Å². The van der Waals surface area contributed by atoms with Crippen molar-refractivity contribution in [3.8, 4) is 0 Å². The monoisotopic (exact) mass is 280 g/mol. The zero-order valence-corrected chi connectivity index (χ0v) is 10.4. The first-order valence-electron chi connectivity index (χ1n) is 3.92. The molecule has 0 aliphatic heterocycles. The Labute approximate surface area is 95.6 Å². The Hall–Kier alpha value is 0.200. The SMILES string of the molecule is CC(CCCl)Sc1ncncc1Br. The van der Waals surface area contributed by atoms with Crippen LogP contribution in [0.2, 0.25) is 0 Å². The molecule has 5 heteroatoms. The van der Waals surface area contributed by atoms with Gasteiger partial charge in [0.15, 0.2) is 0 Å². The normalized spacial score (nSPS) is 12.8. The molecule has 0 saturated heterocycles.